The van der Waals surface area contributed by atoms with Crippen molar-refractivity contribution in [3.8, 4) is 17.2 Å². The summed E-state index contributed by atoms with van der Waals surface area (Å²) in [6.45, 7) is 4.60. The van der Waals surface area contributed by atoms with Crippen molar-refractivity contribution in [2.24, 2.45) is 0 Å². The molecule has 178 valence electrons. The van der Waals surface area contributed by atoms with Crippen LogP contribution in [-0.2, 0) is 4.79 Å². The van der Waals surface area contributed by atoms with Crippen LogP contribution in [0.25, 0.3) is 16.6 Å². The number of pyridine rings is 1. The second-order valence-corrected chi connectivity index (χ2v) is 8.31. The van der Waals surface area contributed by atoms with E-state index in [2.05, 4.69) is 11.6 Å². The number of benzene rings is 2. The van der Waals surface area contributed by atoms with E-state index in [4.69, 9.17) is 9.84 Å². The number of fused-ring (bicyclic) bond motifs is 1. The van der Waals surface area contributed by atoms with Gasteiger partial charge in [-0.2, -0.15) is 5.10 Å². The third kappa shape index (κ3) is 4.37. The van der Waals surface area contributed by atoms with Gasteiger partial charge in [0.05, 0.1) is 34.7 Å². The Kier molecular flexibility index (Phi) is 5.98. The van der Waals surface area contributed by atoms with Crippen LogP contribution in [-0.4, -0.2) is 38.7 Å². The summed E-state index contributed by atoms with van der Waals surface area (Å²) in [6.07, 6.45) is 5.51. The Morgan fingerprint density at radius 2 is 1.89 bits per heavy atom. The summed E-state index contributed by atoms with van der Waals surface area (Å²) >= 11 is 0. The standard InChI is InChI=1S/C26H21F3N4O2/c1-2-24(34)32-11-3-4-16(15-32)26-25-21(29)13-30-14-22(25)33(31-26)18-6-8-19(9-7-18)35-23-12-17(27)5-10-20(23)28/h2,5-10,12-14,16H,1,3-4,11,15H2/t16-/m0/s1. The van der Waals surface area contributed by atoms with Gasteiger partial charge in [-0.1, -0.05) is 6.58 Å². The number of hydrogen-bond acceptors (Lipinski definition) is 4. The summed E-state index contributed by atoms with van der Waals surface area (Å²) in [5, 5.41) is 5.09. The molecule has 2 aromatic carbocycles. The summed E-state index contributed by atoms with van der Waals surface area (Å²) in [7, 11) is 0. The van der Waals surface area contributed by atoms with Crippen molar-refractivity contribution in [1.29, 1.82) is 0 Å². The van der Waals surface area contributed by atoms with Crippen molar-refractivity contribution in [1.82, 2.24) is 19.7 Å². The monoisotopic (exact) mass is 478 g/mol. The van der Waals surface area contributed by atoms with E-state index in [9.17, 15) is 18.0 Å². The maximum atomic E-state index is 14.9. The SMILES string of the molecule is C=CC(=O)N1CCC[C@H](c2nn(-c3ccc(Oc4cc(F)ccc4F)cc3)c3cncc(F)c23)C1. The number of likely N-dealkylation sites (tertiary alicyclic amines) is 1. The van der Waals surface area contributed by atoms with Crippen molar-refractivity contribution in [3.05, 3.63) is 90.7 Å². The summed E-state index contributed by atoms with van der Waals surface area (Å²) in [4.78, 5) is 17.8. The summed E-state index contributed by atoms with van der Waals surface area (Å²) < 4.78 is 49.3. The first-order valence-electron chi connectivity index (χ1n) is 11.1. The molecule has 0 saturated carbocycles. The molecular weight excluding hydrogens is 457 g/mol. The third-order valence-electron chi connectivity index (χ3n) is 6.07. The van der Waals surface area contributed by atoms with E-state index in [0.29, 0.717) is 41.1 Å². The van der Waals surface area contributed by atoms with Gasteiger partial charge in [0.1, 0.15) is 11.6 Å². The van der Waals surface area contributed by atoms with E-state index in [1.165, 1.54) is 12.3 Å². The summed E-state index contributed by atoms with van der Waals surface area (Å²) in [5.74, 6) is -2.03. The van der Waals surface area contributed by atoms with Gasteiger partial charge in [0.2, 0.25) is 5.91 Å². The molecule has 0 spiro atoms. The van der Waals surface area contributed by atoms with Gasteiger partial charge >= 0.3 is 0 Å². The average Bonchev–Trinajstić information content (AvgIpc) is 3.27. The predicted octanol–water partition coefficient (Wildman–Crippen LogP) is 5.52. The number of piperidine rings is 1. The zero-order chi connectivity index (χ0) is 24.5. The number of hydrogen-bond donors (Lipinski definition) is 0. The highest BCUT2D eigenvalue weighted by molar-refractivity contribution is 5.87. The van der Waals surface area contributed by atoms with E-state index in [1.54, 1.807) is 33.8 Å². The number of carbonyl (C=O) groups excluding carboxylic acids is 1. The van der Waals surface area contributed by atoms with Crippen LogP contribution in [0.2, 0.25) is 0 Å². The second-order valence-electron chi connectivity index (χ2n) is 8.31. The van der Waals surface area contributed by atoms with Gasteiger partial charge in [0, 0.05) is 25.1 Å². The van der Waals surface area contributed by atoms with E-state index in [0.717, 1.165) is 37.2 Å². The van der Waals surface area contributed by atoms with Crippen LogP contribution in [0.5, 0.6) is 11.5 Å². The fourth-order valence-electron chi connectivity index (χ4n) is 4.40. The van der Waals surface area contributed by atoms with Crippen molar-refractivity contribution >= 4 is 16.8 Å². The number of nitrogens with zero attached hydrogens (tertiary/aromatic N) is 4. The fraction of sp³-hybridized carbons (Fsp3) is 0.192. The van der Waals surface area contributed by atoms with Gasteiger partial charge in [0.15, 0.2) is 17.4 Å². The average molecular weight is 478 g/mol. The van der Waals surface area contributed by atoms with Crippen molar-refractivity contribution in [2.45, 2.75) is 18.8 Å². The first kappa shape index (κ1) is 22.6. The van der Waals surface area contributed by atoms with Gasteiger partial charge in [-0.3, -0.25) is 9.78 Å². The van der Waals surface area contributed by atoms with Crippen LogP contribution in [0, 0.1) is 17.5 Å². The minimum atomic E-state index is -0.684. The van der Waals surface area contributed by atoms with Gasteiger partial charge in [-0.05, 0) is 55.3 Å². The number of ether oxygens (including phenoxy) is 1. The second kappa shape index (κ2) is 9.25. The molecule has 35 heavy (non-hydrogen) atoms. The van der Waals surface area contributed by atoms with Crippen molar-refractivity contribution in [3.63, 3.8) is 0 Å². The molecule has 4 aromatic rings. The number of rotatable bonds is 5. The molecule has 1 fully saturated rings. The van der Waals surface area contributed by atoms with E-state index < -0.39 is 17.5 Å². The Morgan fingerprint density at radius 3 is 2.66 bits per heavy atom. The fourth-order valence-corrected chi connectivity index (χ4v) is 4.40. The Bertz CT molecular complexity index is 1420. The number of carbonyl (C=O) groups is 1. The highest BCUT2D eigenvalue weighted by Crippen LogP contribution is 2.34. The minimum Gasteiger partial charge on any atom is -0.454 e. The normalized spacial score (nSPS) is 15.9. The molecule has 2 aromatic heterocycles. The lowest BCUT2D eigenvalue weighted by Crippen LogP contribution is -2.38. The summed E-state index contributed by atoms with van der Waals surface area (Å²) in [5.41, 5.74) is 1.65. The summed E-state index contributed by atoms with van der Waals surface area (Å²) in [6, 6.07) is 9.51. The molecule has 1 amide bonds. The molecular formula is C26H21F3N4O2. The van der Waals surface area contributed by atoms with Gasteiger partial charge in [-0.25, -0.2) is 17.9 Å². The van der Waals surface area contributed by atoms with Gasteiger partial charge in [-0.15, -0.1) is 0 Å². The van der Waals surface area contributed by atoms with Gasteiger partial charge in [0.25, 0.3) is 0 Å². The molecule has 0 unspecified atom stereocenters. The lowest BCUT2D eigenvalue weighted by Gasteiger charge is -2.31. The molecule has 0 aliphatic carbocycles. The number of amides is 1. The van der Waals surface area contributed by atoms with Crippen LogP contribution >= 0.6 is 0 Å². The Morgan fingerprint density at radius 1 is 1.09 bits per heavy atom. The Labute approximate surface area is 199 Å². The third-order valence-corrected chi connectivity index (χ3v) is 6.07. The molecule has 3 heterocycles. The predicted molar refractivity (Wildman–Crippen MR) is 124 cm³/mol. The van der Waals surface area contributed by atoms with Crippen LogP contribution in [0.4, 0.5) is 13.2 Å². The van der Waals surface area contributed by atoms with Crippen LogP contribution < -0.4 is 4.74 Å². The van der Waals surface area contributed by atoms with Crippen LogP contribution in [0.1, 0.15) is 24.5 Å². The molecule has 0 N–H and O–H groups in total. The van der Waals surface area contributed by atoms with E-state index >= 15 is 0 Å². The van der Waals surface area contributed by atoms with E-state index in [1.807, 2.05) is 0 Å². The smallest absolute Gasteiger partial charge is 0.245 e. The minimum absolute atomic E-state index is 0.146. The molecule has 9 heteroatoms. The van der Waals surface area contributed by atoms with Crippen LogP contribution in [0.3, 0.4) is 0 Å². The van der Waals surface area contributed by atoms with Gasteiger partial charge < -0.3 is 9.64 Å². The molecule has 1 atom stereocenters. The highest BCUT2D eigenvalue weighted by Gasteiger charge is 2.29. The zero-order valence-electron chi connectivity index (χ0n) is 18.6. The molecule has 1 aliphatic heterocycles. The first-order chi connectivity index (χ1) is 16.9. The van der Waals surface area contributed by atoms with E-state index in [-0.39, 0.29) is 17.6 Å². The molecule has 5 rings (SSSR count). The largest absolute Gasteiger partial charge is 0.454 e. The Balaban J connectivity index is 1.49. The quantitative estimate of drug-likeness (QED) is 0.355. The number of halogens is 3. The molecule has 1 aliphatic rings. The molecule has 0 bridgehead atoms. The first-order valence-corrected chi connectivity index (χ1v) is 11.1. The maximum Gasteiger partial charge on any atom is 0.245 e. The topological polar surface area (TPSA) is 60.2 Å². The highest BCUT2D eigenvalue weighted by atomic mass is 19.1. The Hall–Kier alpha value is -4.14. The lowest BCUT2D eigenvalue weighted by molar-refractivity contribution is -0.127. The zero-order valence-corrected chi connectivity index (χ0v) is 18.6. The van der Waals surface area contributed by atoms with Crippen molar-refractivity contribution in [2.75, 3.05) is 13.1 Å². The maximum absolute atomic E-state index is 14.9. The molecule has 6 nitrogen and oxygen atoms in total. The lowest BCUT2D eigenvalue weighted by atomic mass is 9.93. The van der Waals surface area contributed by atoms with Crippen molar-refractivity contribution < 1.29 is 22.7 Å². The molecule has 1 saturated heterocycles. The number of aromatic nitrogens is 3. The van der Waals surface area contributed by atoms with Crippen LogP contribution in [0.15, 0.2) is 67.5 Å². The molecule has 0 radical (unpaired) electrons.